The first kappa shape index (κ1) is 25.1. The van der Waals surface area contributed by atoms with Crippen molar-refractivity contribution in [2.45, 2.75) is 31.8 Å². The van der Waals surface area contributed by atoms with Crippen LogP contribution in [0.4, 0.5) is 0 Å². The standard InChI is InChI=1S/C25H22O12/c1-2-19(31)37-24-17(30)8-13(25(34)35)20(22(24)33)12-7-11-14(27)5-10(26)6-18(11)36-23(12)9-3-15(28)21(32)16(29)4-9/h3-6,8,12,23,26-30,32-33H,2,7H2,1H3,(H,34,35)/t12?,23-/m0/s1. The van der Waals surface area contributed by atoms with E-state index in [0.29, 0.717) is 0 Å². The second-order valence-corrected chi connectivity index (χ2v) is 8.37. The lowest BCUT2D eigenvalue weighted by atomic mass is 9.79. The van der Waals surface area contributed by atoms with Crippen molar-refractivity contribution in [1.29, 1.82) is 0 Å². The van der Waals surface area contributed by atoms with Crippen LogP contribution < -0.4 is 9.47 Å². The molecule has 0 saturated carbocycles. The third kappa shape index (κ3) is 4.40. The molecule has 3 aromatic rings. The SMILES string of the molecule is CCC(=O)Oc1c(O)cc(C(=O)O)c(C2Cc3c(O)cc(O)cc3O[C@H]2c2cc(O)c(O)c(O)c2)c1O. The highest BCUT2D eigenvalue weighted by Gasteiger charge is 2.40. The Morgan fingerprint density at radius 3 is 2.14 bits per heavy atom. The van der Waals surface area contributed by atoms with Gasteiger partial charge in [0, 0.05) is 41.2 Å². The number of aromatic hydroxyl groups is 7. The fourth-order valence-electron chi connectivity index (χ4n) is 4.31. The average molecular weight is 514 g/mol. The summed E-state index contributed by atoms with van der Waals surface area (Å²) >= 11 is 0. The van der Waals surface area contributed by atoms with Crippen LogP contribution in [0.5, 0.6) is 51.7 Å². The lowest BCUT2D eigenvalue weighted by Gasteiger charge is -2.36. The highest BCUT2D eigenvalue weighted by molar-refractivity contribution is 5.92. The molecule has 0 saturated heterocycles. The first-order chi connectivity index (χ1) is 17.4. The van der Waals surface area contributed by atoms with Crippen LogP contribution in [-0.2, 0) is 11.2 Å². The third-order valence-corrected chi connectivity index (χ3v) is 6.01. The first-order valence-electron chi connectivity index (χ1n) is 10.9. The van der Waals surface area contributed by atoms with E-state index in [1.165, 1.54) is 13.0 Å². The molecule has 12 nitrogen and oxygen atoms in total. The highest BCUT2D eigenvalue weighted by atomic mass is 16.5. The van der Waals surface area contributed by atoms with Crippen molar-refractivity contribution in [3.8, 4) is 51.7 Å². The summed E-state index contributed by atoms with van der Waals surface area (Å²) in [5.74, 6) is -9.03. The molecule has 0 radical (unpaired) electrons. The Balaban J connectivity index is 2.00. The maximum absolute atomic E-state index is 12.1. The fourth-order valence-corrected chi connectivity index (χ4v) is 4.31. The van der Waals surface area contributed by atoms with Gasteiger partial charge >= 0.3 is 11.9 Å². The number of carboxylic acid groups (broad SMARTS) is 1. The average Bonchev–Trinajstić information content (AvgIpc) is 2.83. The molecule has 2 atom stereocenters. The maximum Gasteiger partial charge on any atom is 0.336 e. The number of hydrogen-bond donors (Lipinski definition) is 8. The van der Waals surface area contributed by atoms with E-state index in [9.17, 15) is 50.4 Å². The quantitative estimate of drug-likeness (QED) is 0.140. The Kier molecular flexibility index (Phi) is 6.26. The molecule has 12 heteroatoms. The largest absolute Gasteiger partial charge is 0.508 e. The number of phenolic OH excluding ortho intramolecular Hbond substituents is 7. The molecule has 1 aliphatic heterocycles. The Hall–Kier alpha value is -5.00. The van der Waals surface area contributed by atoms with Crippen molar-refractivity contribution >= 4 is 11.9 Å². The van der Waals surface area contributed by atoms with Gasteiger partial charge in [-0.25, -0.2) is 4.79 Å². The van der Waals surface area contributed by atoms with Gasteiger partial charge in [-0.1, -0.05) is 6.92 Å². The van der Waals surface area contributed by atoms with Gasteiger partial charge in [-0.3, -0.25) is 4.79 Å². The van der Waals surface area contributed by atoms with Gasteiger partial charge in [0.2, 0.25) is 5.75 Å². The molecular weight excluding hydrogens is 492 g/mol. The van der Waals surface area contributed by atoms with Crippen LogP contribution in [-0.4, -0.2) is 52.8 Å². The summed E-state index contributed by atoms with van der Waals surface area (Å²) in [6.07, 6.45) is -1.64. The summed E-state index contributed by atoms with van der Waals surface area (Å²) in [6.45, 7) is 1.47. The van der Waals surface area contributed by atoms with Gasteiger partial charge in [0.15, 0.2) is 28.7 Å². The van der Waals surface area contributed by atoms with E-state index in [1.54, 1.807) is 0 Å². The number of carbonyl (C=O) groups excluding carboxylic acids is 1. The molecule has 1 heterocycles. The van der Waals surface area contributed by atoms with Crippen LogP contribution in [0, 0.1) is 0 Å². The zero-order valence-electron chi connectivity index (χ0n) is 19.2. The van der Waals surface area contributed by atoms with Crippen LogP contribution in [0.3, 0.4) is 0 Å². The van der Waals surface area contributed by atoms with E-state index in [4.69, 9.17) is 9.47 Å². The van der Waals surface area contributed by atoms with Crippen LogP contribution in [0.1, 0.15) is 52.4 Å². The van der Waals surface area contributed by atoms with Crippen molar-refractivity contribution in [3.63, 3.8) is 0 Å². The molecule has 0 fully saturated rings. The van der Waals surface area contributed by atoms with Crippen molar-refractivity contribution < 1.29 is 59.9 Å². The molecule has 194 valence electrons. The van der Waals surface area contributed by atoms with Gasteiger partial charge in [-0.05, 0) is 24.6 Å². The minimum absolute atomic E-state index is 0.0152. The molecule has 0 aromatic heterocycles. The predicted octanol–water partition coefficient (Wildman–Crippen LogP) is 3.10. The number of carbonyl (C=O) groups is 2. The topological polar surface area (TPSA) is 214 Å². The summed E-state index contributed by atoms with van der Waals surface area (Å²) in [4.78, 5) is 24.0. The zero-order chi connectivity index (χ0) is 27.2. The summed E-state index contributed by atoms with van der Waals surface area (Å²) in [5.41, 5.74) is -0.789. The number of esters is 1. The van der Waals surface area contributed by atoms with Crippen molar-refractivity contribution in [2.75, 3.05) is 0 Å². The molecule has 1 unspecified atom stereocenters. The molecule has 8 N–H and O–H groups in total. The minimum Gasteiger partial charge on any atom is -0.508 e. The molecule has 0 spiro atoms. The Morgan fingerprint density at radius 2 is 1.54 bits per heavy atom. The van der Waals surface area contributed by atoms with Gasteiger partial charge in [-0.2, -0.15) is 0 Å². The minimum atomic E-state index is -1.56. The second-order valence-electron chi connectivity index (χ2n) is 8.37. The van der Waals surface area contributed by atoms with Gasteiger partial charge in [-0.15, -0.1) is 0 Å². The summed E-state index contributed by atoms with van der Waals surface area (Å²) < 4.78 is 11.0. The summed E-state index contributed by atoms with van der Waals surface area (Å²) in [7, 11) is 0. The van der Waals surface area contributed by atoms with E-state index < -0.39 is 69.8 Å². The number of benzene rings is 3. The number of aromatic carboxylic acids is 1. The molecule has 0 aliphatic carbocycles. The number of hydrogen-bond acceptors (Lipinski definition) is 11. The lowest BCUT2D eigenvalue weighted by molar-refractivity contribution is -0.134. The number of carboxylic acids is 1. The van der Waals surface area contributed by atoms with Crippen LogP contribution in [0.25, 0.3) is 0 Å². The molecular formula is C25H22O12. The molecule has 0 amide bonds. The summed E-state index contributed by atoms with van der Waals surface area (Å²) in [5, 5.41) is 81.5. The van der Waals surface area contributed by atoms with Crippen LogP contribution in [0.15, 0.2) is 30.3 Å². The Morgan fingerprint density at radius 1 is 0.892 bits per heavy atom. The van der Waals surface area contributed by atoms with E-state index in [1.807, 2.05) is 0 Å². The fraction of sp³-hybridized carbons (Fsp3) is 0.200. The van der Waals surface area contributed by atoms with Crippen LogP contribution in [0.2, 0.25) is 0 Å². The van der Waals surface area contributed by atoms with Crippen molar-refractivity contribution in [1.82, 2.24) is 0 Å². The molecule has 37 heavy (non-hydrogen) atoms. The Labute approximate surface area is 208 Å². The van der Waals surface area contributed by atoms with E-state index in [-0.39, 0.29) is 41.0 Å². The van der Waals surface area contributed by atoms with E-state index in [0.717, 1.165) is 24.3 Å². The molecule has 4 rings (SSSR count). The van der Waals surface area contributed by atoms with Gasteiger partial charge in [0.1, 0.15) is 23.4 Å². The molecule has 1 aliphatic rings. The Bertz CT molecular complexity index is 1400. The van der Waals surface area contributed by atoms with E-state index >= 15 is 0 Å². The number of rotatable bonds is 5. The maximum atomic E-state index is 12.1. The zero-order valence-corrected chi connectivity index (χ0v) is 19.2. The van der Waals surface area contributed by atoms with Gasteiger partial charge in [0.05, 0.1) is 5.56 Å². The monoisotopic (exact) mass is 514 g/mol. The molecule has 3 aromatic carbocycles. The summed E-state index contributed by atoms with van der Waals surface area (Å²) in [6, 6.07) is 5.07. The smallest absolute Gasteiger partial charge is 0.336 e. The number of phenols is 7. The van der Waals surface area contributed by atoms with Crippen molar-refractivity contribution in [2.24, 2.45) is 0 Å². The molecule has 0 bridgehead atoms. The normalized spacial score (nSPS) is 16.5. The highest BCUT2D eigenvalue weighted by Crippen LogP contribution is 2.54. The lowest BCUT2D eigenvalue weighted by Crippen LogP contribution is -2.26. The second kappa shape index (κ2) is 9.22. The predicted molar refractivity (Wildman–Crippen MR) is 124 cm³/mol. The number of ether oxygens (including phenoxy) is 2. The third-order valence-electron chi connectivity index (χ3n) is 6.01. The van der Waals surface area contributed by atoms with Gasteiger partial charge < -0.3 is 50.3 Å². The van der Waals surface area contributed by atoms with Crippen LogP contribution >= 0.6 is 0 Å². The van der Waals surface area contributed by atoms with Gasteiger partial charge in [0.25, 0.3) is 0 Å². The van der Waals surface area contributed by atoms with Crippen molar-refractivity contribution in [3.05, 3.63) is 52.6 Å². The number of fused-ring (bicyclic) bond motifs is 1. The van der Waals surface area contributed by atoms with E-state index in [2.05, 4.69) is 0 Å². The first-order valence-corrected chi connectivity index (χ1v) is 10.9.